The predicted octanol–water partition coefficient (Wildman–Crippen LogP) is 2.10. The fourth-order valence-corrected chi connectivity index (χ4v) is 3.52. The Hall–Kier alpha value is -1.40. The average molecular weight is 311 g/mol. The highest BCUT2D eigenvalue weighted by Gasteiger charge is 2.25. The summed E-state index contributed by atoms with van der Waals surface area (Å²) >= 11 is 1.93. The van der Waals surface area contributed by atoms with Crippen LogP contribution in [0.15, 0.2) is 18.2 Å². The molecule has 0 aliphatic carbocycles. The number of benzene rings is 1. The van der Waals surface area contributed by atoms with E-state index in [2.05, 4.69) is 0 Å². The van der Waals surface area contributed by atoms with Gasteiger partial charge in [0.05, 0.1) is 13.0 Å². The van der Waals surface area contributed by atoms with Crippen LogP contribution in [-0.4, -0.2) is 42.3 Å². The van der Waals surface area contributed by atoms with Gasteiger partial charge in [0.15, 0.2) is 11.5 Å². The van der Waals surface area contributed by atoms with Gasteiger partial charge in [0.2, 0.25) is 0 Å². The van der Waals surface area contributed by atoms with Crippen molar-refractivity contribution < 1.29 is 19.4 Å². The molecule has 116 valence electrons. The molecule has 0 aromatic heterocycles. The molecule has 1 saturated heterocycles. The van der Waals surface area contributed by atoms with E-state index in [1.54, 1.807) is 12.1 Å². The summed E-state index contributed by atoms with van der Waals surface area (Å²) < 4.78 is 11.4. The van der Waals surface area contributed by atoms with Gasteiger partial charge in [-0.3, -0.25) is 4.79 Å². The second kappa shape index (κ2) is 7.56. The molecule has 0 radical (unpaired) electrons. The topological polar surface area (TPSA) is 81.8 Å². The molecule has 0 saturated carbocycles. The highest BCUT2D eigenvalue weighted by molar-refractivity contribution is 7.99. The lowest BCUT2D eigenvalue weighted by molar-refractivity contribution is -0.138. The SMILES string of the molecule is COc1c(OC2CCSCC2)cccc1C(CN)C(=O)O. The maximum atomic E-state index is 11.3. The highest BCUT2D eigenvalue weighted by Crippen LogP contribution is 2.37. The standard InChI is InChI=1S/C15H21NO4S/c1-19-14-11(12(9-16)15(17)18)3-2-4-13(14)20-10-5-7-21-8-6-10/h2-4,10,12H,5-9,16H2,1H3,(H,17,18). The Morgan fingerprint density at radius 1 is 1.48 bits per heavy atom. The lowest BCUT2D eigenvalue weighted by Crippen LogP contribution is -2.24. The number of aliphatic carboxylic acids is 1. The zero-order chi connectivity index (χ0) is 15.2. The fraction of sp³-hybridized carbons (Fsp3) is 0.533. The van der Waals surface area contributed by atoms with Gasteiger partial charge in [-0.2, -0.15) is 11.8 Å². The molecule has 1 unspecified atom stereocenters. The van der Waals surface area contributed by atoms with Crippen LogP contribution in [0.4, 0.5) is 0 Å². The molecule has 3 N–H and O–H groups in total. The van der Waals surface area contributed by atoms with Crippen molar-refractivity contribution in [1.82, 2.24) is 0 Å². The smallest absolute Gasteiger partial charge is 0.312 e. The molecule has 0 spiro atoms. The third-order valence-electron chi connectivity index (χ3n) is 3.58. The van der Waals surface area contributed by atoms with Gasteiger partial charge >= 0.3 is 5.97 Å². The van der Waals surface area contributed by atoms with Crippen LogP contribution in [0.5, 0.6) is 11.5 Å². The Balaban J connectivity index is 2.27. The first-order valence-electron chi connectivity index (χ1n) is 7.01. The lowest BCUT2D eigenvalue weighted by Gasteiger charge is -2.25. The number of hydrogen-bond acceptors (Lipinski definition) is 5. The Morgan fingerprint density at radius 2 is 2.19 bits per heavy atom. The number of methoxy groups -OCH3 is 1. The number of hydrogen-bond donors (Lipinski definition) is 2. The quantitative estimate of drug-likeness (QED) is 0.837. The molecule has 1 aromatic rings. The first-order chi connectivity index (χ1) is 10.2. The molecular weight excluding hydrogens is 290 g/mol. The molecule has 21 heavy (non-hydrogen) atoms. The third kappa shape index (κ3) is 3.83. The summed E-state index contributed by atoms with van der Waals surface area (Å²) in [7, 11) is 1.53. The summed E-state index contributed by atoms with van der Waals surface area (Å²) in [5, 5.41) is 9.28. The molecule has 2 rings (SSSR count). The van der Waals surface area contributed by atoms with Crippen molar-refractivity contribution in [3.63, 3.8) is 0 Å². The molecule has 6 heteroatoms. The number of para-hydroxylation sites is 1. The first-order valence-corrected chi connectivity index (χ1v) is 8.17. The Bertz CT molecular complexity index is 489. The summed E-state index contributed by atoms with van der Waals surface area (Å²) in [6.07, 6.45) is 2.16. The van der Waals surface area contributed by atoms with Crippen molar-refractivity contribution >= 4 is 17.7 Å². The van der Waals surface area contributed by atoms with Gasteiger partial charge in [0.1, 0.15) is 6.10 Å². The molecule has 1 heterocycles. The number of nitrogens with two attached hydrogens (primary N) is 1. The lowest BCUT2D eigenvalue weighted by atomic mass is 9.98. The summed E-state index contributed by atoms with van der Waals surface area (Å²) in [4.78, 5) is 11.3. The van der Waals surface area contributed by atoms with E-state index >= 15 is 0 Å². The van der Waals surface area contributed by atoms with E-state index in [4.69, 9.17) is 15.2 Å². The molecule has 0 bridgehead atoms. The first kappa shape index (κ1) is 16.0. The molecule has 1 atom stereocenters. The predicted molar refractivity (Wildman–Crippen MR) is 83.4 cm³/mol. The van der Waals surface area contributed by atoms with Gasteiger partial charge in [0, 0.05) is 12.1 Å². The van der Waals surface area contributed by atoms with Crippen LogP contribution in [0, 0.1) is 0 Å². The molecule has 5 nitrogen and oxygen atoms in total. The third-order valence-corrected chi connectivity index (χ3v) is 4.63. The number of rotatable bonds is 6. The van der Waals surface area contributed by atoms with Gasteiger partial charge in [-0.25, -0.2) is 0 Å². The largest absolute Gasteiger partial charge is 0.493 e. The van der Waals surface area contributed by atoms with Crippen molar-refractivity contribution in [2.75, 3.05) is 25.2 Å². The van der Waals surface area contributed by atoms with E-state index in [-0.39, 0.29) is 12.6 Å². The highest BCUT2D eigenvalue weighted by atomic mass is 32.2. The minimum Gasteiger partial charge on any atom is -0.493 e. The number of ether oxygens (including phenoxy) is 2. The van der Waals surface area contributed by atoms with Crippen LogP contribution in [0.3, 0.4) is 0 Å². The molecule has 1 aromatic carbocycles. The van der Waals surface area contributed by atoms with Crippen molar-refractivity contribution in [2.45, 2.75) is 24.9 Å². The Labute approximate surface area is 128 Å². The van der Waals surface area contributed by atoms with Gasteiger partial charge in [-0.15, -0.1) is 0 Å². The fourth-order valence-electron chi connectivity index (χ4n) is 2.45. The van der Waals surface area contributed by atoms with Gasteiger partial charge < -0.3 is 20.3 Å². The molecular formula is C15H21NO4S. The average Bonchev–Trinajstić information content (AvgIpc) is 2.49. The van der Waals surface area contributed by atoms with E-state index in [1.807, 2.05) is 17.8 Å². The van der Waals surface area contributed by atoms with Crippen LogP contribution in [0.25, 0.3) is 0 Å². The van der Waals surface area contributed by atoms with Crippen LogP contribution >= 0.6 is 11.8 Å². The molecule has 1 aliphatic heterocycles. The van der Waals surface area contributed by atoms with E-state index in [0.717, 1.165) is 24.3 Å². The van der Waals surface area contributed by atoms with Gasteiger partial charge in [-0.05, 0) is 30.4 Å². The monoisotopic (exact) mass is 311 g/mol. The van der Waals surface area contributed by atoms with Crippen LogP contribution in [0.2, 0.25) is 0 Å². The minimum absolute atomic E-state index is 0.0230. The summed E-state index contributed by atoms with van der Waals surface area (Å²) in [6, 6.07) is 5.34. The maximum Gasteiger partial charge on any atom is 0.312 e. The van der Waals surface area contributed by atoms with Gasteiger partial charge in [0.25, 0.3) is 0 Å². The molecule has 0 amide bonds. The minimum atomic E-state index is -0.956. The summed E-state index contributed by atoms with van der Waals surface area (Å²) in [5.74, 6) is 1.52. The van der Waals surface area contributed by atoms with E-state index in [0.29, 0.717) is 17.1 Å². The van der Waals surface area contributed by atoms with E-state index in [1.165, 1.54) is 7.11 Å². The Kier molecular flexibility index (Phi) is 5.76. The van der Waals surface area contributed by atoms with Crippen molar-refractivity contribution in [2.24, 2.45) is 5.73 Å². The second-order valence-corrected chi connectivity index (χ2v) is 6.16. The number of carboxylic acids is 1. The van der Waals surface area contributed by atoms with E-state index < -0.39 is 11.9 Å². The van der Waals surface area contributed by atoms with Crippen LogP contribution in [0.1, 0.15) is 24.3 Å². The number of carbonyl (C=O) groups is 1. The van der Waals surface area contributed by atoms with Crippen molar-refractivity contribution in [1.29, 1.82) is 0 Å². The molecule has 1 aliphatic rings. The van der Waals surface area contributed by atoms with Gasteiger partial charge in [-0.1, -0.05) is 12.1 Å². The second-order valence-electron chi connectivity index (χ2n) is 4.93. The maximum absolute atomic E-state index is 11.3. The zero-order valence-electron chi connectivity index (χ0n) is 12.1. The summed E-state index contributed by atoms with van der Waals surface area (Å²) in [5.41, 5.74) is 6.15. The molecule has 1 fully saturated rings. The van der Waals surface area contributed by atoms with Crippen molar-refractivity contribution in [3.05, 3.63) is 23.8 Å². The zero-order valence-corrected chi connectivity index (χ0v) is 12.9. The van der Waals surface area contributed by atoms with Crippen molar-refractivity contribution in [3.8, 4) is 11.5 Å². The Morgan fingerprint density at radius 3 is 2.76 bits per heavy atom. The van der Waals surface area contributed by atoms with Crippen LogP contribution < -0.4 is 15.2 Å². The normalized spacial score (nSPS) is 17.2. The van der Waals surface area contributed by atoms with E-state index in [9.17, 15) is 9.90 Å². The summed E-state index contributed by atoms with van der Waals surface area (Å²) in [6.45, 7) is 0.0230. The number of thioether (sulfide) groups is 1. The number of carboxylic acid groups (broad SMARTS) is 1. The van der Waals surface area contributed by atoms with Crippen LogP contribution in [-0.2, 0) is 4.79 Å².